The Balaban J connectivity index is 2.04. The summed E-state index contributed by atoms with van der Waals surface area (Å²) in [6.45, 7) is 0.640. The molecule has 2 aromatic rings. The number of carboxylic acid groups (broad SMARTS) is 1. The largest absolute Gasteiger partial charge is 0.481 e. The van der Waals surface area contributed by atoms with E-state index in [1.807, 2.05) is 42.5 Å². The summed E-state index contributed by atoms with van der Waals surface area (Å²) in [6, 6.07) is 13.4. The van der Waals surface area contributed by atoms with E-state index in [2.05, 4.69) is 10.3 Å². The first-order chi connectivity index (χ1) is 9.25. The molecule has 0 radical (unpaired) electrons. The van der Waals surface area contributed by atoms with Gasteiger partial charge in [-0.15, -0.1) is 0 Å². The van der Waals surface area contributed by atoms with Crippen LogP contribution in [0.1, 0.15) is 23.6 Å². The maximum atomic E-state index is 10.9. The second-order valence-corrected chi connectivity index (χ2v) is 4.30. The molecule has 19 heavy (non-hydrogen) atoms. The van der Waals surface area contributed by atoms with Gasteiger partial charge in [-0.25, -0.2) is 0 Å². The first-order valence-corrected chi connectivity index (χ1v) is 6.15. The molecule has 0 saturated heterocycles. The molecule has 1 heterocycles. The zero-order valence-corrected chi connectivity index (χ0v) is 10.5. The second kappa shape index (κ2) is 6.66. The SMILES string of the molecule is O=C(O)CC(NCc1ccccc1)c1ccncc1. The van der Waals surface area contributed by atoms with Crippen LogP contribution in [-0.4, -0.2) is 16.1 Å². The van der Waals surface area contributed by atoms with Gasteiger partial charge in [-0.3, -0.25) is 9.78 Å². The van der Waals surface area contributed by atoms with Crippen LogP contribution >= 0.6 is 0 Å². The lowest BCUT2D eigenvalue weighted by molar-refractivity contribution is -0.137. The van der Waals surface area contributed by atoms with Crippen molar-refractivity contribution in [3.8, 4) is 0 Å². The number of pyridine rings is 1. The van der Waals surface area contributed by atoms with Crippen molar-refractivity contribution in [3.05, 3.63) is 66.0 Å². The molecule has 0 aliphatic heterocycles. The number of carbonyl (C=O) groups is 1. The van der Waals surface area contributed by atoms with E-state index in [4.69, 9.17) is 5.11 Å². The Bertz CT molecular complexity index is 514. The minimum Gasteiger partial charge on any atom is -0.481 e. The van der Waals surface area contributed by atoms with Gasteiger partial charge in [0.2, 0.25) is 0 Å². The third-order valence-corrected chi connectivity index (χ3v) is 2.88. The number of aliphatic carboxylic acids is 1. The van der Waals surface area contributed by atoms with Gasteiger partial charge >= 0.3 is 5.97 Å². The quantitative estimate of drug-likeness (QED) is 0.833. The number of rotatable bonds is 6. The first kappa shape index (κ1) is 13.2. The molecule has 0 bridgehead atoms. The third-order valence-electron chi connectivity index (χ3n) is 2.88. The van der Waals surface area contributed by atoms with Crippen molar-refractivity contribution in [1.29, 1.82) is 0 Å². The van der Waals surface area contributed by atoms with Gasteiger partial charge in [-0.05, 0) is 23.3 Å². The zero-order valence-electron chi connectivity index (χ0n) is 10.5. The Morgan fingerprint density at radius 1 is 1.16 bits per heavy atom. The number of hydrogen-bond donors (Lipinski definition) is 2. The molecule has 0 fully saturated rings. The van der Waals surface area contributed by atoms with E-state index in [9.17, 15) is 4.79 Å². The minimum absolute atomic E-state index is 0.0524. The molecule has 1 unspecified atom stereocenters. The van der Waals surface area contributed by atoms with Crippen LogP contribution in [0, 0.1) is 0 Å². The first-order valence-electron chi connectivity index (χ1n) is 6.15. The van der Waals surface area contributed by atoms with Crippen LogP contribution in [0.25, 0.3) is 0 Å². The number of carboxylic acids is 1. The average molecular weight is 256 g/mol. The van der Waals surface area contributed by atoms with Gasteiger partial charge in [0.05, 0.1) is 6.42 Å². The number of aromatic nitrogens is 1. The lowest BCUT2D eigenvalue weighted by atomic mass is 10.0. The molecular weight excluding hydrogens is 240 g/mol. The lowest BCUT2D eigenvalue weighted by Crippen LogP contribution is -2.23. The lowest BCUT2D eigenvalue weighted by Gasteiger charge is -2.17. The molecule has 4 nitrogen and oxygen atoms in total. The van der Waals surface area contributed by atoms with Crippen LogP contribution in [0.2, 0.25) is 0 Å². The molecule has 2 rings (SSSR count). The van der Waals surface area contributed by atoms with Crippen molar-refractivity contribution in [2.24, 2.45) is 0 Å². The molecule has 0 amide bonds. The summed E-state index contributed by atoms with van der Waals surface area (Å²) in [5.74, 6) is -0.817. The van der Waals surface area contributed by atoms with Crippen LogP contribution in [0.4, 0.5) is 0 Å². The van der Waals surface area contributed by atoms with Gasteiger partial charge in [-0.1, -0.05) is 30.3 Å². The van der Waals surface area contributed by atoms with E-state index in [1.165, 1.54) is 0 Å². The van der Waals surface area contributed by atoms with Crippen molar-refractivity contribution in [2.75, 3.05) is 0 Å². The summed E-state index contributed by atoms with van der Waals surface area (Å²) in [6.07, 6.45) is 3.40. The van der Waals surface area contributed by atoms with Crippen LogP contribution in [0.15, 0.2) is 54.9 Å². The Kier molecular flexibility index (Phi) is 4.64. The predicted octanol–water partition coefficient (Wildman–Crippen LogP) is 2.39. The van der Waals surface area contributed by atoms with Gasteiger partial charge in [0.15, 0.2) is 0 Å². The highest BCUT2D eigenvalue weighted by atomic mass is 16.4. The third kappa shape index (κ3) is 4.19. The normalized spacial score (nSPS) is 12.0. The van der Waals surface area contributed by atoms with E-state index in [1.54, 1.807) is 12.4 Å². The van der Waals surface area contributed by atoms with Gasteiger partial charge in [0.25, 0.3) is 0 Å². The van der Waals surface area contributed by atoms with Gasteiger partial charge in [0, 0.05) is 25.0 Å². The Morgan fingerprint density at radius 2 is 1.84 bits per heavy atom. The molecule has 2 N–H and O–H groups in total. The summed E-state index contributed by atoms with van der Waals surface area (Å²) >= 11 is 0. The summed E-state index contributed by atoms with van der Waals surface area (Å²) < 4.78 is 0. The fraction of sp³-hybridized carbons (Fsp3) is 0.200. The molecular formula is C15H16N2O2. The maximum absolute atomic E-state index is 10.9. The Morgan fingerprint density at radius 3 is 2.47 bits per heavy atom. The topological polar surface area (TPSA) is 62.2 Å². The molecule has 0 saturated carbocycles. The smallest absolute Gasteiger partial charge is 0.305 e. The predicted molar refractivity (Wildman–Crippen MR) is 72.5 cm³/mol. The molecule has 4 heteroatoms. The number of benzene rings is 1. The Labute approximate surface area is 112 Å². The molecule has 1 aromatic carbocycles. The highest BCUT2D eigenvalue weighted by Crippen LogP contribution is 2.16. The van der Waals surface area contributed by atoms with Crippen molar-refractivity contribution in [3.63, 3.8) is 0 Å². The summed E-state index contributed by atoms with van der Waals surface area (Å²) in [5, 5.41) is 12.3. The second-order valence-electron chi connectivity index (χ2n) is 4.30. The molecule has 1 aromatic heterocycles. The maximum Gasteiger partial charge on any atom is 0.305 e. The van der Waals surface area contributed by atoms with Gasteiger partial charge in [0.1, 0.15) is 0 Å². The highest BCUT2D eigenvalue weighted by Gasteiger charge is 2.14. The van der Waals surface area contributed by atoms with Gasteiger partial charge in [-0.2, -0.15) is 0 Å². The van der Waals surface area contributed by atoms with Crippen molar-refractivity contribution in [1.82, 2.24) is 10.3 Å². The van der Waals surface area contributed by atoms with Crippen LogP contribution < -0.4 is 5.32 Å². The van der Waals surface area contributed by atoms with E-state index in [-0.39, 0.29) is 12.5 Å². The summed E-state index contributed by atoms with van der Waals surface area (Å²) in [7, 11) is 0. The van der Waals surface area contributed by atoms with Gasteiger partial charge < -0.3 is 10.4 Å². The number of nitrogens with one attached hydrogen (secondary N) is 1. The summed E-state index contributed by atoms with van der Waals surface area (Å²) in [4.78, 5) is 14.9. The fourth-order valence-corrected chi connectivity index (χ4v) is 1.92. The van der Waals surface area contributed by atoms with Crippen molar-refractivity contribution in [2.45, 2.75) is 19.0 Å². The number of hydrogen-bond acceptors (Lipinski definition) is 3. The van der Waals surface area contributed by atoms with Crippen LogP contribution in [0.5, 0.6) is 0 Å². The highest BCUT2D eigenvalue weighted by molar-refractivity contribution is 5.67. The standard InChI is InChI=1S/C15H16N2O2/c18-15(19)10-14(13-6-8-16-9-7-13)17-11-12-4-2-1-3-5-12/h1-9,14,17H,10-11H2,(H,18,19). The van der Waals surface area contributed by atoms with Crippen LogP contribution in [-0.2, 0) is 11.3 Å². The molecule has 0 aliphatic rings. The van der Waals surface area contributed by atoms with Crippen molar-refractivity contribution >= 4 is 5.97 Å². The summed E-state index contributed by atoms with van der Waals surface area (Å²) in [5.41, 5.74) is 2.07. The molecule has 0 spiro atoms. The van der Waals surface area contributed by atoms with E-state index < -0.39 is 5.97 Å². The van der Waals surface area contributed by atoms with E-state index in [0.29, 0.717) is 6.54 Å². The minimum atomic E-state index is -0.817. The van der Waals surface area contributed by atoms with Crippen molar-refractivity contribution < 1.29 is 9.90 Å². The Hall–Kier alpha value is -2.20. The average Bonchev–Trinajstić information content (AvgIpc) is 2.45. The van der Waals surface area contributed by atoms with Crippen LogP contribution in [0.3, 0.4) is 0 Å². The van der Waals surface area contributed by atoms with E-state index >= 15 is 0 Å². The molecule has 0 aliphatic carbocycles. The number of nitrogens with zero attached hydrogens (tertiary/aromatic N) is 1. The molecule has 1 atom stereocenters. The zero-order chi connectivity index (χ0) is 13.5. The fourth-order valence-electron chi connectivity index (χ4n) is 1.92. The molecule has 98 valence electrons. The monoisotopic (exact) mass is 256 g/mol. The van der Waals surface area contributed by atoms with E-state index in [0.717, 1.165) is 11.1 Å².